The van der Waals surface area contributed by atoms with Crippen molar-refractivity contribution < 1.29 is 14.1 Å². The van der Waals surface area contributed by atoms with Crippen LogP contribution in [-0.4, -0.2) is 17.0 Å². The first-order chi connectivity index (χ1) is 13.0. The minimum absolute atomic E-state index is 0.0434. The first-order valence-corrected chi connectivity index (χ1v) is 8.72. The van der Waals surface area contributed by atoms with Crippen LogP contribution in [0, 0.1) is 10.1 Å². The minimum atomic E-state index is -0.464. The van der Waals surface area contributed by atoms with Crippen LogP contribution in [0.3, 0.4) is 0 Å². The Morgan fingerprint density at radius 3 is 2.63 bits per heavy atom. The number of hydrazone groups is 1. The van der Waals surface area contributed by atoms with Gasteiger partial charge in [-0.25, -0.2) is 5.43 Å². The summed E-state index contributed by atoms with van der Waals surface area (Å²) in [5, 5.41) is 15.0. The maximum Gasteiger partial charge on any atom is 0.280 e. The van der Waals surface area contributed by atoms with Gasteiger partial charge in [0.2, 0.25) is 5.91 Å². The monoisotopic (exact) mass is 427 g/mol. The number of nitro groups is 1. The molecule has 0 aliphatic rings. The van der Waals surface area contributed by atoms with E-state index in [-0.39, 0.29) is 18.0 Å². The lowest BCUT2D eigenvalue weighted by molar-refractivity contribution is -0.384. The number of furan rings is 1. The zero-order valence-electron chi connectivity index (χ0n) is 14.0. The fourth-order valence-corrected chi connectivity index (χ4v) is 2.67. The fraction of sp³-hybridized carbons (Fsp3) is 0.0526. The van der Waals surface area contributed by atoms with Gasteiger partial charge in [0, 0.05) is 10.5 Å². The van der Waals surface area contributed by atoms with Crippen molar-refractivity contribution in [2.45, 2.75) is 6.42 Å². The maximum absolute atomic E-state index is 11.9. The highest BCUT2D eigenvalue weighted by Crippen LogP contribution is 2.30. The van der Waals surface area contributed by atoms with Crippen LogP contribution in [0.2, 0.25) is 0 Å². The van der Waals surface area contributed by atoms with E-state index < -0.39 is 4.92 Å². The number of carbonyl (C=O) groups is 1. The Bertz CT molecular complexity index is 996. The summed E-state index contributed by atoms with van der Waals surface area (Å²) in [4.78, 5) is 22.5. The minimum Gasteiger partial charge on any atom is -0.455 e. The first kappa shape index (κ1) is 18.5. The van der Waals surface area contributed by atoms with E-state index in [4.69, 9.17) is 4.42 Å². The molecular weight excluding hydrogens is 414 g/mol. The second-order valence-electron chi connectivity index (χ2n) is 5.57. The topological polar surface area (TPSA) is 97.7 Å². The van der Waals surface area contributed by atoms with E-state index in [0.29, 0.717) is 17.1 Å². The van der Waals surface area contributed by atoms with E-state index in [1.807, 2.05) is 24.3 Å². The largest absolute Gasteiger partial charge is 0.455 e. The van der Waals surface area contributed by atoms with Gasteiger partial charge in [0.25, 0.3) is 5.69 Å². The highest BCUT2D eigenvalue weighted by Gasteiger charge is 2.16. The molecule has 0 atom stereocenters. The van der Waals surface area contributed by atoms with Crippen LogP contribution < -0.4 is 5.43 Å². The molecule has 0 radical (unpaired) electrons. The highest BCUT2D eigenvalue weighted by molar-refractivity contribution is 9.10. The molecule has 0 saturated heterocycles. The molecule has 0 fully saturated rings. The quantitative estimate of drug-likeness (QED) is 0.359. The molecule has 8 heteroatoms. The van der Waals surface area contributed by atoms with Crippen molar-refractivity contribution in [3.8, 4) is 11.3 Å². The second kappa shape index (κ2) is 8.41. The van der Waals surface area contributed by atoms with E-state index in [9.17, 15) is 14.9 Å². The fourth-order valence-electron chi connectivity index (χ4n) is 2.40. The van der Waals surface area contributed by atoms with Crippen LogP contribution in [0.5, 0.6) is 0 Å². The number of hydrogen-bond donors (Lipinski definition) is 1. The molecule has 0 aliphatic carbocycles. The molecule has 0 unspecified atom stereocenters. The predicted molar refractivity (Wildman–Crippen MR) is 104 cm³/mol. The Morgan fingerprint density at radius 1 is 1.15 bits per heavy atom. The molecule has 3 aromatic rings. The summed E-state index contributed by atoms with van der Waals surface area (Å²) in [5.74, 6) is 0.455. The molecule has 1 N–H and O–H groups in total. The molecule has 7 nitrogen and oxygen atoms in total. The summed E-state index contributed by atoms with van der Waals surface area (Å²) in [6.45, 7) is 0. The number of rotatable bonds is 6. The smallest absolute Gasteiger partial charge is 0.280 e. The summed E-state index contributed by atoms with van der Waals surface area (Å²) >= 11 is 3.34. The third-order valence-corrected chi connectivity index (χ3v) is 4.18. The van der Waals surface area contributed by atoms with Crippen molar-refractivity contribution in [3.05, 3.63) is 86.6 Å². The predicted octanol–water partition coefficient (Wildman–Crippen LogP) is 4.31. The summed E-state index contributed by atoms with van der Waals surface area (Å²) in [6.07, 6.45) is 1.54. The van der Waals surface area contributed by atoms with E-state index in [1.165, 1.54) is 12.3 Å². The summed E-state index contributed by atoms with van der Waals surface area (Å²) in [5.41, 5.74) is 3.62. The Hall–Kier alpha value is -3.26. The highest BCUT2D eigenvalue weighted by atomic mass is 79.9. The zero-order valence-corrected chi connectivity index (χ0v) is 15.5. The van der Waals surface area contributed by atoms with Crippen LogP contribution in [0.15, 0.2) is 74.7 Å². The molecule has 1 heterocycles. The van der Waals surface area contributed by atoms with Crippen molar-refractivity contribution in [2.24, 2.45) is 5.10 Å². The van der Waals surface area contributed by atoms with Crippen LogP contribution in [-0.2, 0) is 11.2 Å². The summed E-state index contributed by atoms with van der Waals surface area (Å²) in [7, 11) is 0. The van der Waals surface area contributed by atoms with Gasteiger partial charge < -0.3 is 4.42 Å². The first-order valence-electron chi connectivity index (χ1n) is 7.93. The SMILES string of the molecule is O=C(Cc1ccc(Br)cc1)N/N=C\c1ccc(-c2ccccc2[N+](=O)[O-])o1. The summed E-state index contributed by atoms with van der Waals surface area (Å²) in [6, 6.07) is 17.0. The van der Waals surface area contributed by atoms with Gasteiger partial charge >= 0.3 is 0 Å². The number of nitrogens with one attached hydrogen (secondary N) is 1. The molecule has 2 aromatic carbocycles. The average Bonchev–Trinajstić information content (AvgIpc) is 3.12. The molecule has 0 aliphatic heterocycles. The summed E-state index contributed by atoms with van der Waals surface area (Å²) < 4.78 is 6.51. The standard InChI is InChI=1S/C19H14BrN3O4/c20-14-7-5-13(6-8-14)11-19(24)22-21-12-15-9-10-18(27-15)16-3-1-2-4-17(16)23(25)26/h1-10,12H,11H2,(H,22,24)/b21-12-. The normalized spacial score (nSPS) is 10.9. The van der Waals surface area contributed by atoms with Crippen LogP contribution in [0.1, 0.15) is 11.3 Å². The van der Waals surface area contributed by atoms with E-state index in [2.05, 4.69) is 26.5 Å². The van der Waals surface area contributed by atoms with Gasteiger partial charge in [0.1, 0.15) is 11.5 Å². The third-order valence-electron chi connectivity index (χ3n) is 3.65. The molecule has 1 aromatic heterocycles. The lowest BCUT2D eigenvalue weighted by Gasteiger charge is -2.00. The van der Waals surface area contributed by atoms with Crippen molar-refractivity contribution in [1.82, 2.24) is 5.43 Å². The van der Waals surface area contributed by atoms with E-state index in [1.54, 1.807) is 30.3 Å². The van der Waals surface area contributed by atoms with Crippen molar-refractivity contribution >= 4 is 33.7 Å². The van der Waals surface area contributed by atoms with Crippen LogP contribution >= 0.6 is 15.9 Å². The molecule has 0 spiro atoms. The lowest BCUT2D eigenvalue weighted by Crippen LogP contribution is -2.19. The van der Waals surface area contributed by atoms with Crippen molar-refractivity contribution in [3.63, 3.8) is 0 Å². The van der Waals surface area contributed by atoms with Gasteiger partial charge in [0.15, 0.2) is 0 Å². The van der Waals surface area contributed by atoms with Gasteiger partial charge in [-0.3, -0.25) is 14.9 Å². The molecule has 0 bridgehead atoms. The molecule has 1 amide bonds. The number of hydrogen-bond acceptors (Lipinski definition) is 5. The van der Waals surface area contributed by atoms with Gasteiger partial charge in [-0.15, -0.1) is 0 Å². The number of para-hydroxylation sites is 1. The number of carbonyl (C=O) groups excluding carboxylic acids is 1. The zero-order chi connectivity index (χ0) is 19.2. The Labute approximate surface area is 163 Å². The van der Waals surface area contributed by atoms with Gasteiger partial charge in [-0.05, 0) is 35.9 Å². The number of nitro benzene ring substituents is 1. The molecule has 0 saturated carbocycles. The number of nitrogens with zero attached hydrogens (tertiary/aromatic N) is 2. The number of benzene rings is 2. The van der Waals surface area contributed by atoms with E-state index >= 15 is 0 Å². The van der Waals surface area contributed by atoms with Gasteiger partial charge in [-0.2, -0.15) is 5.10 Å². The van der Waals surface area contributed by atoms with Crippen molar-refractivity contribution in [2.75, 3.05) is 0 Å². The Kier molecular flexibility index (Phi) is 5.77. The molecule has 3 rings (SSSR count). The average molecular weight is 428 g/mol. The second-order valence-corrected chi connectivity index (χ2v) is 6.49. The Balaban J connectivity index is 1.63. The number of halogens is 1. The molecular formula is C19H14BrN3O4. The maximum atomic E-state index is 11.9. The molecule has 136 valence electrons. The van der Waals surface area contributed by atoms with Crippen molar-refractivity contribution in [1.29, 1.82) is 0 Å². The van der Waals surface area contributed by atoms with Gasteiger partial charge in [0.05, 0.1) is 23.1 Å². The van der Waals surface area contributed by atoms with Crippen LogP contribution in [0.25, 0.3) is 11.3 Å². The van der Waals surface area contributed by atoms with Crippen LogP contribution in [0.4, 0.5) is 5.69 Å². The molecule has 27 heavy (non-hydrogen) atoms. The lowest BCUT2D eigenvalue weighted by atomic mass is 10.1. The van der Waals surface area contributed by atoms with Gasteiger partial charge in [-0.1, -0.05) is 40.2 Å². The Morgan fingerprint density at radius 2 is 1.89 bits per heavy atom. The number of amides is 1. The third kappa shape index (κ3) is 4.89. The van der Waals surface area contributed by atoms with E-state index in [0.717, 1.165) is 10.0 Å².